The van der Waals surface area contributed by atoms with Gasteiger partial charge in [-0.25, -0.2) is 0 Å². The Morgan fingerprint density at radius 2 is 2.60 bits per heavy atom. The summed E-state index contributed by atoms with van der Waals surface area (Å²) >= 11 is 0. The molecule has 0 aliphatic rings. The second kappa shape index (κ2) is 3.22. The topological polar surface area (TPSA) is 33.4 Å². The normalized spacial score (nSPS) is 12.0. The van der Waals surface area contributed by atoms with Crippen molar-refractivity contribution in [1.29, 1.82) is 0 Å². The largest absolute Gasteiger partial charge is 0.472 e. The molecule has 2 heteroatoms. The highest BCUT2D eigenvalue weighted by atomic mass is 16.3. The lowest BCUT2D eigenvalue weighted by Gasteiger charge is -1.89. The molecule has 10 heavy (non-hydrogen) atoms. The molecule has 0 aliphatic carbocycles. The Balaban J connectivity index is 2.71. The van der Waals surface area contributed by atoms with Crippen molar-refractivity contribution in [2.24, 2.45) is 0 Å². The van der Waals surface area contributed by atoms with Crippen molar-refractivity contribution in [3.05, 3.63) is 29.7 Å². The summed E-state index contributed by atoms with van der Waals surface area (Å²) in [6.07, 6.45) is 5.12. The molecule has 0 unspecified atom stereocenters. The van der Waals surface area contributed by atoms with Crippen LogP contribution >= 0.6 is 0 Å². The van der Waals surface area contributed by atoms with Gasteiger partial charge in [0.1, 0.15) is 0 Å². The van der Waals surface area contributed by atoms with Gasteiger partial charge in [0.05, 0.1) is 19.1 Å². The van der Waals surface area contributed by atoms with Crippen molar-refractivity contribution in [3.8, 4) is 0 Å². The zero-order chi connectivity index (χ0) is 7.40. The molecule has 1 aromatic rings. The van der Waals surface area contributed by atoms with Gasteiger partial charge in [0.15, 0.2) is 0 Å². The van der Waals surface area contributed by atoms with Gasteiger partial charge >= 0.3 is 0 Å². The fourth-order valence-electron chi connectivity index (χ4n) is 0.687. The van der Waals surface area contributed by atoms with E-state index in [4.69, 9.17) is 9.52 Å². The molecule has 1 rings (SSSR count). The summed E-state index contributed by atoms with van der Waals surface area (Å²) in [5, 5.41) is 8.63. The number of aliphatic hydroxyl groups is 1. The molecule has 1 heterocycles. The van der Waals surface area contributed by atoms with E-state index in [1.807, 2.05) is 19.1 Å². The quantitative estimate of drug-likeness (QED) is 0.674. The van der Waals surface area contributed by atoms with Crippen molar-refractivity contribution >= 4 is 6.08 Å². The summed E-state index contributed by atoms with van der Waals surface area (Å²) < 4.78 is 4.83. The van der Waals surface area contributed by atoms with Gasteiger partial charge in [0, 0.05) is 5.56 Å². The van der Waals surface area contributed by atoms with Gasteiger partial charge in [-0.15, -0.1) is 0 Å². The van der Waals surface area contributed by atoms with Gasteiger partial charge < -0.3 is 9.52 Å². The van der Waals surface area contributed by atoms with E-state index in [-0.39, 0.29) is 6.61 Å². The molecule has 1 N–H and O–H groups in total. The van der Waals surface area contributed by atoms with Crippen molar-refractivity contribution in [1.82, 2.24) is 0 Å². The highest BCUT2D eigenvalue weighted by Gasteiger charge is 1.89. The van der Waals surface area contributed by atoms with Crippen molar-refractivity contribution < 1.29 is 9.52 Å². The summed E-state index contributed by atoms with van der Waals surface area (Å²) in [5.41, 5.74) is 1.92. The van der Waals surface area contributed by atoms with E-state index in [2.05, 4.69) is 0 Å². The Hall–Kier alpha value is -1.02. The number of hydrogen-bond acceptors (Lipinski definition) is 2. The monoisotopic (exact) mass is 138 g/mol. The molecule has 1 aromatic heterocycles. The lowest BCUT2D eigenvalue weighted by molar-refractivity contribution is 0.332. The minimum Gasteiger partial charge on any atom is -0.472 e. The van der Waals surface area contributed by atoms with Crippen molar-refractivity contribution in [2.75, 3.05) is 6.61 Å². The van der Waals surface area contributed by atoms with Crippen LogP contribution in [0.4, 0.5) is 0 Å². The molecule has 0 radical (unpaired) electrons. The summed E-state index contributed by atoms with van der Waals surface area (Å²) in [6.45, 7) is 1.97. The van der Waals surface area contributed by atoms with Gasteiger partial charge in [-0.2, -0.15) is 0 Å². The van der Waals surface area contributed by atoms with Crippen LogP contribution in [0.1, 0.15) is 12.5 Å². The predicted octanol–water partition coefficient (Wildman–Crippen LogP) is 1.68. The van der Waals surface area contributed by atoms with Gasteiger partial charge in [-0.1, -0.05) is 6.08 Å². The SMILES string of the molecule is CC(=Cc1ccoc1)CO. The van der Waals surface area contributed by atoms with E-state index >= 15 is 0 Å². The minimum atomic E-state index is 0.102. The first-order valence-electron chi connectivity index (χ1n) is 3.13. The standard InChI is InChI=1S/C8H10O2/c1-7(5-9)4-8-2-3-10-6-8/h2-4,6,9H,5H2,1H3. The van der Waals surface area contributed by atoms with Crippen LogP contribution in [0.5, 0.6) is 0 Å². The highest BCUT2D eigenvalue weighted by molar-refractivity contribution is 5.50. The first-order chi connectivity index (χ1) is 4.83. The molecule has 2 nitrogen and oxygen atoms in total. The van der Waals surface area contributed by atoms with E-state index < -0.39 is 0 Å². The third-order valence-electron chi connectivity index (χ3n) is 1.21. The van der Waals surface area contributed by atoms with Crippen LogP contribution in [0, 0.1) is 0 Å². The van der Waals surface area contributed by atoms with E-state index in [1.54, 1.807) is 12.5 Å². The van der Waals surface area contributed by atoms with Crippen LogP contribution in [-0.2, 0) is 0 Å². The lowest BCUT2D eigenvalue weighted by Crippen LogP contribution is -1.81. The Kier molecular flexibility index (Phi) is 2.29. The molecule has 0 aliphatic heterocycles. The molecule has 0 saturated heterocycles. The summed E-state index contributed by atoms with van der Waals surface area (Å²) in [5.74, 6) is 0. The van der Waals surface area contributed by atoms with E-state index in [9.17, 15) is 0 Å². The Labute approximate surface area is 59.8 Å². The van der Waals surface area contributed by atoms with Crippen LogP contribution in [-0.4, -0.2) is 11.7 Å². The third kappa shape index (κ3) is 1.74. The van der Waals surface area contributed by atoms with E-state index in [0.717, 1.165) is 11.1 Å². The number of aliphatic hydroxyl groups excluding tert-OH is 1. The smallest absolute Gasteiger partial charge is 0.0974 e. The van der Waals surface area contributed by atoms with Crippen LogP contribution in [0.25, 0.3) is 6.08 Å². The predicted molar refractivity (Wildman–Crippen MR) is 39.4 cm³/mol. The average molecular weight is 138 g/mol. The van der Waals surface area contributed by atoms with Crippen molar-refractivity contribution in [2.45, 2.75) is 6.92 Å². The molecule has 0 atom stereocenters. The second-order valence-corrected chi connectivity index (χ2v) is 2.21. The Morgan fingerprint density at radius 3 is 3.10 bits per heavy atom. The fourth-order valence-corrected chi connectivity index (χ4v) is 0.687. The van der Waals surface area contributed by atoms with Crippen molar-refractivity contribution in [3.63, 3.8) is 0 Å². The summed E-state index contributed by atoms with van der Waals surface area (Å²) in [6, 6.07) is 1.85. The molecular weight excluding hydrogens is 128 g/mol. The van der Waals surface area contributed by atoms with Gasteiger partial charge in [-0.3, -0.25) is 0 Å². The zero-order valence-electron chi connectivity index (χ0n) is 5.87. The van der Waals surface area contributed by atoms with Gasteiger partial charge in [0.25, 0.3) is 0 Å². The maximum Gasteiger partial charge on any atom is 0.0974 e. The Morgan fingerprint density at radius 1 is 1.80 bits per heavy atom. The molecule has 0 saturated carbocycles. The van der Waals surface area contributed by atoms with Gasteiger partial charge in [0.2, 0.25) is 0 Å². The molecule has 0 amide bonds. The molecule has 0 spiro atoms. The molecule has 0 aromatic carbocycles. The molecule has 54 valence electrons. The zero-order valence-corrected chi connectivity index (χ0v) is 5.87. The highest BCUT2D eigenvalue weighted by Crippen LogP contribution is 2.05. The van der Waals surface area contributed by atoms with E-state index in [0.29, 0.717) is 0 Å². The fraction of sp³-hybridized carbons (Fsp3) is 0.250. The maximum atomic E-state index is 8.63. The minimum absolute atomic E-state index is 0.102. The van der Waals surface area contributed by atoms with Crippen LogP contribution in [0.15, 0.2) is 28.6 Å². The maximum absolute atomic E-state index is 8.63. The third-order valence-corrected chi connectivity index (χ3v) is 1.21. The number of hydrogen-bond donors (Lipinski definition) is 1. The first-order valence-corrected chi connectivity index (χ1v) is 3.13. The van der Waals surface area contributed by atoms with Crippen LogP contribution in [0.3, 0.4) is 0 Å². The Bertz CT molecular complexity index is 209. The summed E-state index contributed by atoms with van der Waals surface area (Å²) in [4.78, 5) is 0. The molecular formula is C8H10O2. The lowest BCUT2D eigenvalue weighted by atomic mass is 10.2. The van der Waals surface area contributed by atoms with Crippen LogP contribution in [0.2, 0.25) is 0 Å². The second-order valence-electron chi connectivity index (χ2n) is 2.21. The van der Waals surface area contributed by atoms with Gasteiger partial charge in [-0.05, 0) is 18.6 Å². The summed E-state index contributed by atoms with van der Waals surface area (Å²) in [7, 11) is 0. The number of rotatable bonds is 2. The number of furan rings is 1. The first kappa shape index (κ1) is 7.09. The molecule has 0 bridgehead atoms. The van der Waals surface area contributed by atoms with E-state index in [1.165, 1.54) is 0 Å². The molecule has 0 fully saturated rings. The van der Waals surface area contributed by atoms with Crippen LogP contribution < -0.4 is 0 Å². The average Bonchev–Trinajstić information content (AvgIpc) is 2.40.